The van der Waals surface area contributed by atoms with Crippen molar-refractivity contribution in [2.45, 2.75) is 30.2 Å². The number of fused-ring (bicyclic) bond motifs is 1. The topological polar surface area (TPSA) is 111 Å². The number of nitrogens with zero attached hydrogens (tertiary/aromatic N) is 3. The van der Waals surface area contributed by atoms with Gasteiger partial charge in [0.25, 0.3) is 5.91 Å². The number of carbonyl (C=O) groups is 2. The van der Waals surface area contributed by atoms with Crippen molar-refractivity contribution in [3.05, 3.63) is 101 Å². The molecule has 5 rings (SSSR count). The molecule has 206 valence electrons. The highest BCUT2D eigenvalue weighted by molar-refractivity contribution is 7.89. The Morgan fingerprint density at radius 1 is 1.00 bits per heavy atom. The summed E-state index contributed by atoms with van der Waals surface area (Å²) < 4.78 is 65.7. The summed E-state index contributed by atoms with van der Waals surface area (Å²) in [5.74, 6) is -1.45. The molecule has 2 aliphatic rings. The molecule has 0 aliphatic carbocycles. The Labute approximate surface area is 228 Å². The second-order valence-corrected chi connectivity index (χ2v) is 11.6. The minimum Gasteiger partial charge on any atom is -0.350 e. The maximum absolute atomic E-state index is 13.7. The zero-order valence-corrected chi connectivity index (χ0v) is 21.7. The highest BCUT2D eigenvalue weighted by Gasteiger charge is 2.40. The standard InChI is InChI=1S/C28H23F3N4O4S/c29-28(30,31)22-10-8-18(9-11-22)14-33-26(36)25-24-7-2-1-4-21(24)17-35(25)27(37)20-5-3-6-23(12-20)40(38,39)34-15-19(13-32)16-34/h1-12,19,25H,14-17H2,(H,33,36)/t25-/m1/s1. The van der Waals surface area contributed by atoms with Crippen molar-refractivity contribution in [3.63, 3.8) is 0 Å². The summed E-state index contributed by atoms with van der Waals surface area (Å²) in [4.78, 5) is 28.3. The van der Waals surface area contributed by atoms with E-state index in [0.717, 1.165) is 17.7 Å². The van der Waals surface area contributed by atoms with Gasteiger partial charge in [0, 0.05) is 31.7 Å². The number of nitriles is 1. The molecule has 2 amide bonds. The number of halogens is 3. The van der Waals surface area contributed by atoms with Gasteiger partial charge in [0.2, 0.25) is 15.9 Å². The fraction of sp³-hybridized carbons (Fsp3) is 0.250. The van der Waals surface area contributed by atoms with Crippen molar-refractivity contribution in [1.29, 1.82) is 5.26 Å². The van der Waals surface area contributed by atoms with Gasteiger partial charge in [-0.15, -0.1) is 0 Å². The number of hydrogen-bond acceptors (Lipinski definition) is 5. The number of rotatable bonds is 6. The quantitative estimate of drug-likeness (QED) is 0.486. The number of alkyl halides is 3. The first-order valence-electron chi connectivity index (χ1n) is 12.3. The van der Waals surface area contributed by atoms with Crippen molar-refractivity contribution < 1.29 is 31.2 Å². The molecule has 0 unspecified atom stereocenters. The number of carbonyl (C=O) groups excluding carboxylic acids is 2. The molecule has 3 aromatic rings. The predicted molar refractivity (Wildman–Crippen MR) is 137 cm³/mol. The molecule has 0 bridgehead atoms. The van der Waals surface area contributed by atoms with Crippen LogP contribution in [-0.4, -0.2) is 42.5 Å². The lowest BCUT2D eigenvalue weighted by Crippen LogP contribution is -2.49. The summed E-state index contributed by atoms with van der Waals surface area (Å²) in [5.41, 5.74) is 1.08. The van der Waals surface area contributed by atoms with E-state index in [-0.39, 0.29) is 42.6 Å². The minimum atomic E-state index is -4.47. The molecule has 1 saturated heterocycles. The highest BCUT2D eigenvalue weighted by atomic mass is 32.2. The molecule has 0 spiro atoms. The Morgan fingerprint density at radius 2 is 1.70 bits per heavy atom. The number of hydrogen-bond donors (Lipinski definition) is 1. The first kappa shape index (κ1) is 27.4. The molecule has 40 heavy (non-hydrogen) atoms. The van der Waals surface area contributed by atoms with Crippen LogP contribution < -0.4 is 5.32 Å². The fourth-order valence-corrected chi connectivity index (χ4v) is 6.35. The van der Waals surface area contributed by atoms with Crippen LogP contribution in [0.5, 0.6) is 0 Å². The number of sulfonamides is 1. The summed E-state index contributed by atoms with van der Waals surface area (Å²) in [6.45, 7) is 0.227. The van der Waals surface area contributed by atoms with Gasteiger partial charge in [0.05, 0.1) is 22.4 Å². The minimum absolute atomic E-state index is 0.0507. The van der Waals surface area contributed by atoms with E-state index in [9.17, 15) is 31.2 Å². The Bertz CT molecular complexity index is 1610. The third-order valence-corrected chi connectivity index (χ3v) is 8.84. The summed E-state index contributed by atoms with van der Waals surface area (Å²) in [6, 6.07) is 18.0. The van der Waals surface area contributed by atoms with E-state index in [0.29, 0.717) is 11.1 Å². The van der Waals surface area contributed by atoms with E-state index in [1.165, 1.54) is 45.6 Å². The summed E-state index contributed by atoms with van der Waals surface area (Å²) in [6.07, 6.45) is -4.47. The maximum atomic E-state index is 13.7. The van der Waals surface area contributed by atoms with Gasteiger partial charge in [-0.05, 0) is 47.0 Å². The molecule has 2 heterocycles. The lowest BCUT2D eigenvalue weighted by molar-refractivity contribution is -0.137. The van der Waals surface area contributed by atoms with Crippen LogP contribution in [-0.2, 0) is 34.1 Å². The van der Waals surface area contributed by atoms with E-state index in [1.54, 1.807) is 24.3 Å². The molecule has 3 aromatic carbocycles. The van der Waals surface area contributed by atoms with Gasteiger partial charge in [0.1, 0.15) is 6.04 Å². The molecule has 1 N–H and O–H groups in total. The van der Waals surface area contributed by atoms with E-state index < -0.39 is 39.6 Å². The van der Waals surface area contributed by atoms with Crippen LogP contribution in [0.2, 0.25) is 0 Å². The monoisotopic (exact) mass is 568 g/mol. The van der Waals surface area contributed by atoms with Crippen molar-refractivity contribution in [1.82, 2.24) is 14.5 Å². The Hall–Kier alpha value is -4.21. The summed E-state index contributed by atoms with van der Waals surface area (Å²) in [7, 11) is -3.90. The van der Waals surface area contributed by atoms with Crippen molar-refractivity contribution >= 4 is 21.8 Å². The van der Waals surface area contributed by atoms with Crippen LogP contribution >= 0.6 is 0 Å². The Kier molecular flexibility index (Phi) is 7.12. The number of benzene rings is 3. The molecule has 12 heteroatoms. The smallest absolute Gasteiger partial charge is 0.350 e. The number of nitrogens with one attached hydrogen (secondary N) is 1. The van der Waals surface area contributed by atoms with Gasteiger partial charge >= 0.3 is 6.18 Å². The summed E-state index contributed by atoms with van der Waals surface area (Å²) >= 11 is 0. The van der Waals surface area contributed by atoms with Gasteiger partial charge in [-0.1, -0.05) is 42.5 Å². The van der Waals surface area contributed by atoms with E-state index in [1.807, 2.05) is 6.07 Å². The first-order valence-corrected chi connectivity index (χ1v) is 13.8. The summed E-state index contributed by atoms with van der Waals surface area (Å²) in [5, 5.41) is 11.7. The van der Waals surface area contributed by atoms with Crippen LogP contribution in [0, 0.1) is 17.2 Å². The molecule has 2 aliphatic heterocycles. The molecular formula is C28H23F3N4O4S. The average Bonchev–Trinajstić information content (AvgIpc) is 3.30. The van der Waals surface area contributed by atoms with Crippen molar-refractivity contribution in [2.75, 3.05) is 13.1 Å². The van der Waals surface area contributed by atoms with Gasteiger partial charge in [-0.25, -0.2) is 8.42 Å². The third-order valence-electron chi connectivity index (χ3n) is 7.01. The Morgan fingerprint density at radius 3 is 2.38 bits per heavy atom. The third kappa shape index (κ3) is 5.17. The Balaban J connectivity index is 1.36. The lowest BCUT2D eigenvalue weighted by atomic mass is 10.0. The molecular weight excluding hydrogens is 545 g/mol. The largest absolute Gasteiger partial charge is 0.416 e. The van der Waals surface area contributed by atoms with Gasteiger partial charge in [-0.3, -0.25) is 9.59 Å². The molecule has 8 nitrogen and oxygen atoms in total. The SMILES string of the molecule is N#CC1CN(S(=O)(=O)c2cccc(C(=O)N3Cc4ccccc4[C@@H]3C(=O)NCc3ccc(C(F)(F)F)cc3)c2)C1. The molecule has 0 radical (unpaired) electrons. The second kappa shape index (κ2) is 10.4. The average molecular weight is 569 g/mol. The number of amides is 2. The highest BCUT2D eigenvalue weighted by Crippen LogP contribution is 2.36. The van der Waals surface area contributed by atoms with Crippen LogP contribution in [0.15, 0.2) is 77.7 Å². The van der Waals surface area contributed by atoms with Gasteiger partial charge < -0.3 is 10.2 Å². The zero-order valence-electron chi connectivity index (χ0n) is 20.9. The van der Waals surface area contributed by atoms with E-state index >= 15 is 0 Å². The van der Waals surface area contributed by atoms with Crippen LogP contribution in [0.4, 0.5) is 13.2 Å². The molecule has 0 saturated carbocycles. The lowest BCUT2D eigenvalue weighted by Gasteiger charge is -2.34. The second-order valence-electron chi connectivity index (χ2n) is 9.62. The molecule has 1 atom stereocenters. The van der Waals surface area contributed by atoms with Crippen LogP contribution in [0.25, 0.3) is 0 Å². The van der Waals surface area contributed by atoms with Gasteiger partial charge in [0.15, 0.2) is 0 Å². The van der Waals surface area contributed by atoms with E-state index in [2.05, 4.69) is 5.32 Å². The maximum Gasteiger partial charge on any atom is 0.416 e. The normalized spacial score (nSPS) is 17.6. The van der Waals surface area contributed by atoms with Crippen LogP contribution in [0.1, 0.15) is 38.7 Å². The zero-order chi connectivity index (χ0) is 28.7. The van der Waals surface area contributed by atoms with E-state index in [4.69, 9.17) is 5.26 Å². The molecule has 0 aromatic heterocycles. The molecule has 1 fully saturated rings. The van der Waals surface area contributed by atoms with Crippen LogP contribution in [0.3, 0.4) is 0 Å². The van der Waals surface area contributed by atoms with Crippen molar-refractivity contribution in [2.24, 2.45) is 5.92 Å². The predicted octanol–water partition coefficient (Wildman–Crippen LogP) is 3.86. The van der Waals surface area contributed by atoms with Gasteiger partial charge in [-0.2, -0.15) is 22.7 Å². The fourth-order valence-electron chi connectivity index (χ4n) is 4.78. The van der Waals surface area contributed by atoms with Crippen molar-refractivity contribution in [3.8, 4) is 6.07 Å². The first-order chi connectivity index (χ1) is 19.0.